The van der Waals surface area contributed by atoms with Gasteiger partial charge in [0.2, 0.25) is 0 Å². The molecule has 1 atom stereocenters. The quantitative estimate of drug-likeness (QED) is 0.721. The van der Waals surface area contributed by atoms with E-state index in [0.29, 0.717) is 0 Å². The third-order valence-corrected chi connectivity index (χ3v) is 4.91. The molecule has 2 heterocycles. The number of nitrogens with zero attached hydrogens (tertiary/aromatic N) is 1. The zero-order chi connectivity index (χ0) is 15.4. The van der Waals surface area contributed by atoms with Crippen LogP contribution in [0.3, 0.4) is 0 Å². The Kier molecular flexibility index (Phi) is 4.80. The molecule has 22 heavy (non-hydrogen) atoms. The molecule has 6 heteroatoms. The summed E-state index contributed by atoms with van der Waals surface area (Å²) in [6.07, 6.45) is 2.91. The van der Waals surface area contributed by atoms with Crippen LogP contribution in [0.25, 0.3) is 11.0 Å². The second-order valence-corrected chi connectivity index (χ2v) is 6.86. The van der Waals surface area contributed by atoms with Gasteiger partial charge in [0, 0.05) is 0 Å². The Morgan fingerprint density at radius 1 is 1.36 bits per heavy atom. The minimum Gasteiger partial charge on any atom is -0.341 e. The minimum atomic E-state index is -0.102. The van der Waals surface area contributed by atoms with Gasteiger partial charge in [-0.3, -0.25) is 4.79 Å². The van der Waals surface area contributed by atoms with Gasteiger partial charge in [-0.25, -0.2) is 4.98 Å². The van der Waals surface area contributed by atoms with Crippen molar-refractivity contribution in [2.45, 2.75) is 12.5 Å². The first-order valence-corrected chi connectivity index (χ1v) is 9.33. The molecular formula is C16H17N3OS2. The summed E-state index contributed by atoms with van der Waals surface area (Å²) in [5, 5.41) is 5.01. The fourth-order valence-corrected chi connectivity index (χ4v) is 3.39. The molecule has 0 saturated heterocycles. The standard InChI is InChI=1S/C16H17N3OS2/c1-21-10-8-13(19-16(20)14-7-4-9-22-14)15-17-11-5-2-3-6-12(11)18-15/h2-7,9,13H,8,10H2,1H3,(H,17,18)(H,19,20)/t13-/m1/s1. The maximum Gasteiger partial charge on any atom is 0.261 e. The lowest BCUT2D eigenvalue weighted by Crippen LogP contribution is -2.29. The molecule has 0 unspecified atom stereocenters. The van der Waals surface area contributed by atoms with Crippen LogP contribution in [0.2, 0.25) is 0 Å². The van der Waals surface area contributed by atoms with E-state index < -0.39 is 0 Å². The Balaban J connectivity index is 1.83. The number of aromatic nitrogens is 2. The predicted molar refractivity (Wildman–Crippen MR) is 93.6 cm³/mol. The molecule has 2 N–H and O–H groups in total. The number of fused-ring (bicyclic) bond motifs is 1. The molecule has 1 amide bonds. The number of rotatable bonds is 6. The van der Waals surface area contributed by atoms with E-state index >= 15 is 0 Å². The van der Waals surface area contributed by atoms with Gasteiger partial charge in [0.05, 0.1) is 22.0 Å². The van der Waals surface area contributed by atoms with Crippen molar-refractivity contribution in [2.24, 2.45) is 0 Å². The number of hydrogen-bond donors (Lipinski definition) is 2. The highest BCUT2D eigenvalue weighted by molar-refractivity contribution is 7.98. The van der Waals surface area contributed by atoms with E-state index in [1.807, 2.05) is 41.8 Å². The zero-order valence-corrected chi connectivity index (χ0v) is 13.8. The van der Waals surface area contributed by atoms with Crippen LogP contribution in [0.4, 0.5) is 0 Å². The molecule has 3 rings (SSSR count). The van der Waals surface area contributed by atoms with Gasteiger partial charge >= 0.3 is 0 Å². The second kappa shape index (κ2) is 6.98. The number of aromatic amines is 1. The summed E-state index contributed by atoms with van der Waals surface area (Å²) in [4.78, 5) is 21.0. The lowest BCUT2D eigenvalue weighted by atomic mass is 10.2. The third kappa shape index (κ3) is 3.34. The highest BCUT2D eigenvalue weighted by Gasteiger charge is 2.19. The van der Waals surface area contributed by atoms with Crippen LogP contribution >= 0.6 is 23.1 Å². The summed E-state index contributed by atoms with van der Waals surface area (Å²) >= 11 is 3.21. The van der Waals surface area contributed by atoms with Crippen LogP contribution < -0.4 is 5.32 Å². The Morgan fingerprint density at radius 2 is 2.23 bits per heavy atom. The number of H-pyrrole nitrogens is 1. The maximum absolute atomic E-state index is 12.3. The fourth-order valence-electron chi connectivity index (χ4n) is 2.29. The predicted octanol–water partition coefficient (Wildman–Crippen LogP) is 3.85. The maximum atomic E-state index is 12.3. The summed E-state index contributed by atoms with van der Waals surface area (Å²) < 4.78 is 0. The van der Waals surface area contributed by atoms with Crippen LogP contribution in [-0.4, -0.2) is 27.9 Å². The van der Waals surface area contributed by atoms with Gasteiger partial charge in [-0.05, 0) is 42.0 Å². The Labute approximate surface area is 137 Å². The van der Waals surface area contributed by atoms with E-state index in [1.165, 1.54) is 11.3 Å². The van der Waals surface area contributed by atoms with Gasteiger partial charge in [-0.2, -0.15) is 11.8 Å². The van der Waals surface area contributed by atoms with E-state index in [-0.39, 0.29) is 11.9 Å². The van der Waals surface area contributed by atoms with Gasteiger partial charge in [-0.15, -0.1) is 11.3 Å². The van der Waals surface area contributed by atoms with Crippen LogP contribution in [0.5, 0.6) is 0 Å². The van der Waals surface area contributed by atoms with Crippen LogP contribution in [0.15, 0.2) is 41.8 Å². The molecule has 0 aliphatic heterocycles. The van der Waals surface area contributed by atoms with Crippen molar-refractivity contribution >= 4 is 40.0 Å². The molecule has 0 radical (unpaired) electrons. The fraction of sp³-hybridized carbons (Fsp3) is 0.250. The first kappa shape index (κ1) is 15.1. The number of carbonyl (C=O) groups is 1. The summed E-state index contributed by atoms with van der Waals surface area (Å²) in [5.41, 5.74) is 1.93. The van der Waals surface area contributed by atoms with E-state index in [0.717, 1.165) is 33.9 Å². The highest BCUT2D eigenvalue weighted by Crippen LogP contribution is 2.21. The van der Waals surface area contributed by atoms with Gasteiger partial charge in [-0.1, -0.05) is 18.2 Å². The molecule has 0 fully saturated rings. The summed E-state index contributed by atoms with van der Waals surface area (Å²) in [6, 6.07) is 11.5. The van der Waals surface area contributed by atoms with Gasteiger partial charge in [0.15, 0.2) is 0 Å². The lowest BCUT2D eigenvalue weighted by molar-refractivity contribution is 0.0938. The Morgan fingerprint density at radius 3 is 2.95 bits per heavy atom. The summed E-state index contributed by atoms with van der Waals surface area (Å²) in [7, 11) is 0. The topological polar surface area (TPSA) is 57.8 Å². The molecule has 0 saturated carbocycles. The van der Waals surface area contributed by atoms with Crippen LogP contribution in [0.1, 0.15) is 28.0 Å². The normalized spacial score (nSPS) is 12.4. The second-order valence-electron chi connectivity index (χ2n) is 4.92. The largest absolute Gasteiger partial charge is 0.341 e. The number of benzene rings is 1. The van der Waals surface area contributed by atoms with Crippen molar-refractivity contribution in [1.29, 1.82) is 0 Å². The molecule has 0 bridgehead atoms. The van der Waals surface area contributed by atoms with E-state index in [2.05, 4.69) is 21.5 Å². The number of amides is 1. The first-order valence-electron chi connectivity index (χ1n) is 7.06. The van der Waals surface area contributed by atoms with Crippen molar-refractivity contribution in [3.8, 4) is 0 Å². The number of thiophene rings is 1. The minimum absolute atomic E-state index is 0.0402. The number of imidazole rings is 1. The van der Waals surface area contributed by atoms with E-state index in [1.54, 1.807) is 11.8 Å². The van der Waals surface area contributed by atoms with E-state index in [4.69, 9.17) is 0 Å². The van der Waals surface area contributed by atoms with Gasteiger partial charge < -0.3 is 10.3 Å². The number of nitrogens with one attached hydrogen (secondary N) is 2. The molecular weight excluding hydrogens is 314 g/mol. The van der Waals surface area contributed by atoms with E-state index in [9.17, 15) is 4.79 Å². The van der Waals surface area contributed by atoms with Crippen LogP contribution in [-0.2, 0) is 0 Å². The van der Waals surface area contributed by atoms with Gasteiger partial charge in [0.1, 0.15) is 5.82 Å². The monoisotopic (exact) mass is 331 g/mol. The molecule has 0 spiro atoms. The van der Waals surface area contributed by atoms with Crippen molar-refractivity contribution in [1.82, 2.24) is 15.3 Å². The molecule has 0 aliphatic rings. The summed E-state index contributed by atoms with van der Waals surface area (Å²) in [5.74, 6) is 1.74. The van der Waals surface area contributed by atoms with Crippen molar-refractivity contribution in [3.63, 3.8) is 0 Å². The molecule has 0 aliphatic carbocycles. The Bertz CT molecular complexity index is 719. The average molecular weight is 331 g/mol. The van der Waals surface area contributed by atoms with Crippen LogP contribution in [0, 0.1) is 0 Å². The van der Waals surface area contributed by atoms with Crippen molar-refractivity contribution in [3.05, 3.63) is 52.5 Å². The molecule has 3 aromatic rings. The number of hydrogen-bond acceptors (Lipinski definition) is 4. The molecule has 2 aromatic heterocycles. The number of carbonyl (C=O) groups excluding carboxylic acids is 1. The average Bonchev–Trinajstić information content (AvgIpc) is 3.19. The SMILES string of the molecule is CSCC[C@@H](NC(=O)c1cccs1)c1nc2ccccc2[nH]1. The number of thioether (sulfide) groups is 1. The first-order chi connectivity index (χ1) is 10.8. The Hall–Kier alpha value is -1.79. The number of para-hydroxylation sites is 2. The molecule has 4 nitrogen and oxygen atoms in total. The highest BCUT2D eigenvalue weighted by atomic mass is 32.2. The van der Waals surface area contributed by atoms with Crippen molar-refractivity contribution < 1.29 is 4.79 Å². The lowest BCUT2D eigenvalue weighted by Gasteiger charge is -2.15. The third-order valence-electron chi connectivity index (χ3n) is 3.40. The zero-order valence-electron chi connectivity index (χ0n) is 12.2. The smallest absolute Gasteiger partial charge is 0.261 e. The van der Waals surface area contributed by atoms with Crippen molar-refractivity contribution in [2.75, 3.05) is 12.0 Å². The molecule has 114 valence electrons. The molecule has 1 aromatic carbocycles. The van der Waals surface area contributed by atoms with Gasteiger partial charge in [0.25, 0.3) is 5.91 Å². The summed E-state index contributed by atoms with van der Waals surface area (Å²) in [6.45, 7) is 0.